The molecule has 0 radical (unpaired) electrons. The highest BCUT2D eigenvalue weighted by atomic mass is 32.2. The van der Waals surface area contributed by atoms with E-state index in [2.05, 4.69) is 29.9 Å². The fourth-order valence-electron chi connectivity index (χ4n) is 10.7. The van der Waals surface area contributed by atoms with Crippen LogP contribution in [0.2, 0.25) is 0 Å². The van der Waals surface area contributed by atoms with Gasteiger partial charge < -0.3 is 19.7 Å². The van der Waals surface area contributed by atoms with E-state index in [0.717, 1.165) is 80.3 Å². The van der Waals surface area contributed by atoms with Gasteiger partial charge in [0, 0.05) is 48.5 Å². The quantitative estimate of drug-likeness (QED) is 0.0351. The largest absolute Gasteiger partial charge is 0.516 e. The predicted octanol–water partition coefficient (Wildman–Crippen LogP) is 14.3. The van der Waals surface area contributed by atoms with Gasteiger partial charge in [0.25, 0.3) is 0 Å². The lowest BCUT2D eigenvalue weighted by atomic mass is 9.97. The molecule has 1 unspecified atom stereocenters. The molecular formula is C71H64F6N8O10S4. The number of para-hydroxylation sites is 1. The zero-order valence-corrected chi connectivity index (χ0v) is 56.5. The number of alkyl halides is 6. The highest BCUT2D eigenvalue weighted by molar-refractivity contribution is 7.93. The Morgan fingerprint density at radius 2 is 0.859 bits per heavy atom. The summed E-state index contributed by atoms with van der Waals surface area (Å²) < 4.78 is 176. The maximum Gasteiger partial charge on any atom is 0.516 e. The molecular weight excluding hydrogens is 1370 g/mol. The first-order valence-corrected chi connectivity index (χ1v) is 37.2. The highest BCUT2D eigenvalue weighted by Crippen LogP contribution is 2.35. The van der Waals surface area contributed by atoms with Crippen molar-refractivity contribution in [3.8, 4) is 39.1 Å². The first-order valence-electron chi connectivity index (χ1n) is 30.4. The Balaban J connectivity index is 0.000000161. The number of carbonyl (C=O) groups excluding carboxylic acids is 1. The molecule has 3 aromatic heterocycles. The number of aryl methyl sites for hydroxylation is 6. The number of nitrogens with zero attached hydrogens (tertiary/aromatic N) is 3. The molecule has 0 aliphatic heterocycles. The lowest BCUT2D eigenvalue weighted by molar-refractivity contribution is -0.189. The molecule has 99 heavy (non-hydrogen) atoms. The van der Waals surface area contributed by atoms with Gasteiger partial charge in [0.05, 0.1) is 53.5 Å². The standard InChI is InChI=1S/C26H23F3N2O2.C23H20F3N3O4S2.C22H21N3O4S2/c1-16(32)21-5-3-4-6-22(21)19-10-13-23-24(15-19)31-25(30-23)14-9-18-7-11-20(12-8-18)33-17(2)26(27,28)29;1-34(30,31)17-10-6-15(7-11-17)8-13-22-27-20-12-9-16(14-21(20)28-22)18-4-2-3-5-19(18)29-35(32,33)23(24,25)26;1-30(26,27)17-10-6-15(7-11-17)8-13-22-24-19-12-9-16(14-20(19)25-22)18-4-2-3-5-21(18)31(23,28)29/h3-8,10-13,15,17H,9,14H2,1-2H3,(H,30,31);2-7,9-12,14,29H,8,13H2,1H3,(H,27,28);2-7,9-12,14H,8,13H2,1H3,(H,24,25)(H2,23,28,29). The molecule has 0 aliphatic rings. The monoisotopic (exact) mass is 1430 g/mol. The number of hydrogen-bond acceptors (Lipinski definition) is 13. The van der Waals surface area contributed by atoms with Crippen LogP contribution in [0.25, 0.3) is 66.5 Å². The second-order valence-electron chi connectivity index (χ2n) is 23.3. The Bertz CT molecular complexity index is 5420. The molecule has 18 nitrogen and oxygen atoms in total. The van der Waals surface area contributed by atoms with Gasteiger partial charge in [0.15, 0.2) is 31.6 Å². The smallest absolute Gasteiger partial charge is 0.481 e. The van der Waals surface area contributed by atoms with Crippen molar-refractivity contribution >= 4 is 84.3 Å². The topological polar surface area (TPSA) is 287 Å². The number of nitrogens with one attached hydrogen (secondary N) is 4. The van der Waals surface area contributed by atoms with Crippen molar-refractivity contribution in [2.45, 2.75) is 84.8 Å². The summed E-state index contributed by atoms with van der Waals surface area (Å²) in [5, 5.41) is 5.36. The number of ketones is 1. The van der Waals surface area contributed by atoms with Gasteiger partial charge in [-0.1, -0.05) is 115 Å². The van der Waals surface area contributed by atoms with Gasteiger partial charge in [-0.3, -0.25) is 9.52 Å². The van der Waals surface area contributed by atoms with Crippen molar-refractivity contribution in [2.75, 3.05) is 17.2 Å². The normalized spacial score (nSPS) is 12.6. The number of sulfonamides is 2. The Kier molecular flexibility index (Phi) is 21.2. The minimum atomic E-state index is -5.57. The van der Waals surface area contributed by atoms with E-state index in [1.54, 1.807) is 127 Å². The number of benzene rings is 9. The van der Waals surface area contributed by atoms with Crippen molar-refractivity contribution in [3.05, 3.63) is 240 Å². The number of sulfone groups is 2. The van der Waals surface area contributed by atoms with Crippen molar-refractivity contribution in [1.29, 1.82) is 0 Å². The molecule has 0 aliphatic carbocycles. The number of primary sulfonamides is 1. The minimum absolute atomic E-state index is 0.0141. The van der Waals surface area contributed by atoms with Crippen LogP contribution in [-0.2, 0) is 78.2 Å². The van der Waals surface area contributed by atoms with E-state index in [1.807, 2.05) is 60.7 Å². The number of aromatic amines is 3. The zero-order valence-electron chi connectivity index (χ0n) is 53.3. The number of imidazole rings is 3. The predicted molar refractivity (Wildman–Crippen MR) is 368 cm³/mol. The van der Waals surface area contributed by atoms with Crippen LogP contribution in [0.15, 0.2) is 215 Å². The van der Waals surface area contributed by atoms with Gasteiger partial charge in [-0.15, -0.1) is 0 Å². The van der Waals surface area contributed by atoms with Crippen LogP contribution in [0.1, 0.15) is 58.4 Å². The number of ether oxygens (including phenoxy) is 1. The Morgan fingerprint density at radius 3 is 1.26 bits per heavy atom. The molecule has 9 aromatic carbocycles. The SMILES string of the molecule is CC(=O)c1ccccc1-c1ccc2nc(CCc3ccc(OC(C)C(F)(F)F)cc3)[nH]c2c1.CS(=O)(=O)c1ccc(CCc2nc3ccc(-c4ccccc4NS(=O)(=O)C(F)(F)F)cc3[nH]2)cc1.CS(=O)(=O)c1ccc(CCc2nc3ccc(-c4ccccc4S(N)(=O)=O)cc3[nH]2)cc1. The molecule has 6 N–H and O–H groups in total. The molecule has 3 heterocycles. The molecule has 28 heteroatoms. The number of Topliss-reactive ketones (excluding diaryl/α,β-unsaturated/α-hetero) is 1. The first-order chi connectivity index (χ1) is 46.6. The number of aromatic nitrogens is 6. The average Bonchev–Trinajstić information content (AvgIpc) is 1.78. The van der Waals surface area contributed by atoms with Gasteiger partial charge in [-0.05, 0) is 157 Å². The van der Waals surface area contributed by atoms with E-state index >= 15 is 0 Å². The second kappa shape index (κ2) is 29.2. The van der Waals surface area contributed by atoms with Gasteiger partial charge in [0.2, 0.25) is 10.0 Å². The summed E-state index contributed by atoms with van der Waals surface area (Å²) in [6, 6.07) is 56.4. The number of anilines is 1. The lowest BCUT2D eigenvalue weighted by Crippen LogP contribution is -2.31. The number of rotatable bonds is 20. The molecule has 0 spiro atoms. The molecule has 0 amide bonds. The van der Waals surface area contributed by atoms with Gasteiger partial charge >= 0.3 is 21.7 Å². The van der Waals surface area contributed by atoms with E-state index in [4.69, 9.17) is 9.88 Å². The van der Waals surface area contributed by atoms with E-state index in [9.17, 15) is 64.8 Å². The van der Waals surface area contributed by atoms with E-state index in [0.29, 0.717) is 77.0 Å². The summed E-state index contributed by atoms with van der Waals surface area (Å²) in [7, 11) is -15.9. The second-order valence-corrected chi connectivity index (χ2v) is 30.5. The van der Waals surface area contributed by atoms with E-state index in [1.165, 1.54) is 30.5 Å². The molecule has 12 rings (SSSR count). The third kappa shape index (κ3) is 18.2. The van der Waals surface area contributed by atoms with Gasteiger partial charge in [0.1, 0.15) is 23.2 Å². The Labute approximate surface area is 566 Å². The number of nitrogens with two attached hydrogens (primary N) is 1. The molecule has 0 saturated heterocycles. The molecule has 0 bridgehead atoms. The van der Waals surface area contributed by atoms with Crippen molar-refractivity contribution in [3.63, 3.8) is 0 Å². The Hall–Kier alpha value is -10.0. The third-order valence-electron chi connectivity index (χ3n) is 15.9. The minimum Gasteiger partial charge on any atom is -0.481 e. The summed E-state index contributed by atoms with van der Waals surface area (Å²) in [5.74, 6) is 2.48. The fraction of sp³-hybridized carbons (Fsp3) is 0.183. The van der Waals surface area contributed by atoms with E-state index < -0.39 is 57.5 Å². The van der Waals surface area contributed by atoms with Crippen LogP contribution in [0.3, 0.4) is 0 Å². The van der Waals surface area contributed by atoms with Crippen molar-refractivity contribution in [1.82, 2.24) is 29.9 Å². The fourth-order valence-corrected chi connectivity index (χ4v) is 13.3. The van der Waals surface area contributed by atoms with Crippen LogP contribution >= 0.6 is 0 Å². The highest BCUT2D eigenvalue weighted by Gasteiger charge is 2.46. The molecule has 0 saturated carbocycles. The summed E-state index contributed by atoms with van der Waals surface area (Å²) >= 11 is 0. The number of hydrogen-bond donors (Lipinski definition) is 5. The molecule has 514 valence electrons. The maximum atomic E-state index is 12.8. The van der Waals surface area contributed by atoms with Crippen LogP contribution < -0.4 is 14.6 Å². The van der Waals surface area contributed by atoms with Crippen LogP contribution in [0, 0.1) is 0 Å². The summed E-state index contributed by atoms with van der Waals surface area (Å²) in [6.07, 6.45) is -0.0910. The van der Waals surface area contributed by atoms with Crippen molar-refractivity contribution < 1.29 is 69.5 Å². The van der Waals surface area contributed by atoms with Gasteiger partial charge in [-0.25, -0.2) is 45.3 Å². The number of fused-ring (bicyclic) bond motifs is 3. The van der Waals surface area contributed by atoms with Crippen LogP contribution in [0.4, 0.5) is 32.0 Å². The maximum absolute atomic E-state index is 12.8. The van der Waals surface area contributed by atoms with Crippen LogP contribution in [0.5, 0.6) is 5.75 Å². The lowest BCUT2D eigenvalue weighted by Gasteiger charge is -2.17. The molecule has 1 atom stereocenters. The average molecular weight is 1430 g/mol. The summed E-state index contributed by atoms with van der Waals surface area (Å²) in [5.41, 5.74) is 6.39. The number of carbonyl (C=O) groups is 1. The number of H-pyrrole nitrogens is 3. The summed E-state index contributed by atoms with van der Waals surface area (Å²) in [6.45, 7) is 2.54. The molecule has 0 fully saturated rings. The first kappa shape index (κ1) is 71.8. The zero-order chi connectivity index (χ0) is 71.2. The number of halogens is 6. The van der Waals surface area contributed by atoms with Gasteiger partial charge in [-0.2, -0.15) is 34.8 Å². The van der Waals surface area contributed by atoms with Crippen molar-refractivity contribution in [2.24, 2.45) is 5.14 Å². The third-order valence-corrected chi connectivity index (χ3v) is 20.2. The Morgan fingerprint density at radius 1 is 0.485 bits per heavy atom. The summed E-state index contributed by atoms with van der Waals surface area (Å²) in [4.78, 5) is 36.1. The molecule has 12 aromatic rings. The van der Waals surface area contributed by atoms with E-state index in [-0.39, 0.29) is 32.6 Å². The van der Waals surface area contributed by atoms with Crippen LogP contribution in [-0.4, -0.2) is 99.7 Å².